The Bertz CT molecular complexity index is 297. The van der Waals surface area contributed by atoms with E-state index in [1.54, 1.807) is 0 Å². The van der Waals surface area contributed by atoms with Crippen molar-refractivity contribution in [1.29, 1.82) is 0 Å². The van der Waals surface area contributed by atoms with E-state index < -0.39 is 10.2 Å². The average Bonchev–Trinajstić information content (AvgIpc) is 2.97. The van der Waals surface area contributed by atoms with Crippen molar-refractivity contribution in [2.24, 2.45) is 5.41 Å². The van der Waals surface area contributed by atoms with E-state index in [1.165, 1.54) is 4.31 Å². The maximum Gasteiger partial charge on any atom is 0.279 e. The van der Waals surface area contributed by atoms with Crippen LogP contribution in [0.15, 0.2) is 0 Å². The zero-order valence-corrected chi connectivity index (χ0v) is 10.9. The van der Waals surface area contributed by atoms with Crippen LogP contribution in [0.2, 0.25) is 0 Å². The number of nitrogens with zero attached hydrogens (tertiary/aromatic N) is 1. The molecule has 0 atom stereocenters. The maximum atomic E-state index is 11.8. The first kappa shape index (κ1) is 13.2. The molecule has 1 N–H and O–H groups in total. The van der Waals surface area contributed by atoms with Gasteiger partial charge in [0.05, 0.1) is 0 Å². The highest BCUT2D eigenvalue weighted by Crippen LogP contribution is 2.45. The fraction of sp³-hybridized carbons (Fsp3) is 1.00. The third-order valence-electron chi connectivity index (χ3n) is 2.92. The molecular weight excluding hydrogens is 236 g/mol. The van der Waals surface area contributed by atoms with E-state index in [0.29, 0.717) is 25.5 Å². The Kier molecular flexibility index (Phi) is 4.40. The van der Waals surface area contributed by atoms with E-state index in [2.05, 4.69) is 4.72 Å². The number of hydrogen-bond acceptors (Lipinski definition) is 2. The molecule has 1 saturated carbocycles. The number of rotatable bonds is 7. The minimum Gasteiger partial charge on any atom is -0.202 e. The lowest BCUT2D eigenvalue weighted by Crippen LogP contribution is -2.42. The van der Waals surface area contributed by atoms with Crippen molar-refractivity contribution >= 4 is 21.8 Å². The summed E-state index contributed by atoms with van der Waals surface area (Å²) in [5.74, 6) is 0.535. The third kappa shape index (κ3) is 3.31. The molecule has 0 saturated heterocycles. The molecule has 0 radical (unpaired) electrons. The molecule has 6 heteroatoms. The molecule has 1 fully saturated rings. The Morgan fingerprint density at radius 2 is 1.87 bits per heavy atom. The van der Waals surface area contributed by atoms with Gasteiger partial charge in [0.2, 0.25) is 0 Å². The minimum atomic E-state index is -3.30. The first-order valence-electron chi connectivity index (χ1n) is 5.30. The maximum absolute atomic E-state index is 11.8. The van der Waals surface area contributed by atoms with Gasteiger partial charge in [-0.05, 0) is 18.3 Å². The van der Waals surface area contributed by atoms with E-state index >= 15 is 0 Å². The van der Waals surface area contributed by atoms with Crippen LogP contribution in [0.3, 0.4) is 0 Å². The van der Waals surface area contributed by atoms with E-state index in [0.717, 1.165) is 12.8 Å². The van der Waals surface area contributed by atoms with Gasteiger partial charge in [-0.1, -0.05) is 13.8 Å². The topological polar surface area (TPSA) is 49.4 Å². The Hall–Kier alpha value is 0.160. The molecule has 1 aliphatic carbocycles. The molecule has 90 valence electrons. The summed E-state index contributed by atoms with van der Waals surface area (Å²) in [6.45, 7) is 5.13. The molecule has 0 amide bonds. The summed E-state index contributed by atoms with van der Waals surface area (Å²) in [5.41, 5.74) is 0.0295. The van der Waals surface area contributed by atoms with Crippen molar-refractivity contribution in [2.45, 2.75) is 26.7 Å². The van der Waals surface area contributed by atoms with Crippen LogP contribution < -0.4 is 4.72 Å². The van der Waals surface area contributed by atoms with Gasteiger partial charge in [0.25, 0.3) is 10.2 Å². The Morgan fingerprint density at radius 3 is 2.20 bits per heavy atom. The zero-order valence-electron chi connectivity index (χ0n) is 9.29. The Balaban J connectivity index is 2.49. The molecule has 4 nitrogen and oxygen atoms in total. The van der Waals surface area contributed by atoms with Gasteiger partial charge in [-0.15, -0.1) is 11.6 Å². The highest BCUT2D eigenvalue weighted by molar-refractivity contribution is 7.87. The highest BCUT2D eigenvalue weighted by atomic mass is 35.5. The van der Waals surface area contributed by atoms with Crippen LogP contribution in [0.25, 0.3) is 0 Å². The summed E-state index contributed by atoms with van der Waals surface area (Å²) in [6.07, 6.45) is 2.05. The van der Waals surface area contributed by atoms with E-state index in [-0.39, 0.29) is 5.41 Å². The minimum absolute atomic E-state index is 0.0295. The molecule has 0 bridgehead atoms. The predicted molar refractivity (Wildman–Crippen MR) is 62.2 cm³/mol. The molecule has 0 spiro atoms. The fourth-order valence-electron chi connectivity index (χ4n) is 1.43. The van der Waals surface area contributed by atoms with Crippen LogP contribution in [0.5, 0.6) is 0 Å². The monoisotopic (exact) mass is 254 g/mol. The van der Waals surface area contributed by atoms with E-state index in [1.807, 2.05) is 13.8 Å². The van der Waals surface area contributed by atoms with E-state index in [4.69, 9.17) is 11.6 Å². The third-order valence-corrected chi connectivity index (χ3v) is 5.19. The summed E-state index contributed by atoms with van der Waals surface area (Å²) >= 11 is 5.78. The molecule has 0 aromatic rings. The van der Waals surface area contributed by atoms with Crippen LogP contribution in [0.4, 0.5) is 0 Å². The molecule has 0 aromatic carbocycles. The summed E-state index contributed by atoms with van der Waals surface area (Å²) in [4.78, 5) is 0. The number of halogens is 1. The van der Waals surface area contributed by atoms with Crippen LogP contribution in [-0.2, 0) is 10.2 Å². The zero-order chi connectivity index (χ0) is 11.5. The van der Waals surface area contributed by atoms with Gasteiger partial charge in [0.15, 0.2) is 0 Å². The summed E-state index contributed by atoms with van der Waals surface area (Å²) in [7, 11) is -3.30. The lowest BCUT2D eigenvalue weighted by atomic mass is 10.1. The quantitative estimate of drug-likeness (QED) is 0.694. The molecular formula is C9H19ClN2O2S. The van der Waals surface area contributed by atoms with Gasteiger partial charge in [-0.3, -0.25) is 0 Å². The smallest absolute Gasteiger partial charge is 0.202 e. The van der Waals surface area contributed by atoms with Crippen molar-refractivity contribution in [3.05, 3.63) is 0 Å². The largest absolute Gasteiger partial charge is 0.279 e. The Morgan fingerprint density at radius 1 is 1.33 bits per heavy atom. The van der Waals surface area contributed by atoms with E-state index in [9.17, 15) is 8.42 Å². The second kappa shape index (κ2) is 4.99. The number of nitrogens with one attached hydrogen (secondary N) is 1. The normalized spacial score (nSPS) is 19.5. The van der Waals surface area contributed by atoms with Gasteiger partial charge in [0.1, 0.15) is 0 Å². The van der Waals surface area contributed by atoms with Crippen LogP contribution in [0, 0.1) is 5.41 Å². The molecule has 1 rings (SSSR count). The standard InChI is InChI=1S/C9H19ClN2O2S/c1-3-12(4-2)15(13,14)11-8-9(7-10)5-6-9/h11H,3-8H2,1-2H3. The summed E-state index contributed by atoms with van der Waals surface area (Å²) in [5, 5.41) is 0. The van der Waals surface area contributed by atoms with Gasteiger partial charge in [-0.25, -0.2) is 4.72 Å². The first-order valence-corrected chi connectivity index (χ1v) is 7.28. The molecule has 0 aromatic heterocycles. The molecule has 0 unspecified atom stereocenters. The van der Waals surface area contributed by atoms with Crippen molar-refractivity contribution in [1.82, 2.24) is 9.03 Å². The fourth-order valence-corrected chi connectivity index (χ4v) is 3.15. The summed E-state index contributed by atoms with van der Waals surface area (Å²) in [6, 6.07) is 0. The molecule has 15 heavy (non-hydrogen) atoms. The Labute approximate surface area is 97.2 Å². The second-order valence-corrected chi connectivity index (χ2v) is 6.07. The van der Waals surface area contributed by atoms with Crippen LogP contribution >= 0.6 is 11.6 Å². The highest BCUT2D eigenvalue weighted by Gasteiger charge is 2.42. The van der Waals surface area contributed by atoms with Crippen molar-refractivity contribution in [3.63, 3.8) is 0 Å². The number of hydrogen-bond donors (Lipinski definition) is 1. The van der Waals surface area contributed by atoms with Crippen molar-refractivity contribution in [2.75, 3.05) is 25.5 Å². The second-order valence-electron chi connectivity index (χ2n) is 4.04. The average molecular weight is 255 g/mol. The lowest BCUT2D eigenvalue weighted by molar-refractivity contribution is 0.426. The molecule has 0 heterocycles. The summed E-state index contributed by atoms with van der Waals surface area (Å²) < 4.78 is 27.6. The number of alkyl halides is 1. The van der Waals surface area contributed by atoms with Crippen LogP contribution in [0.1, 0.15) is 26.7 Å². The van der Waals surface area contributed by atoms with Crippen molar-refractivity contribution in [3.8, 4) is 0 Å². The van der Waals surface area contributed by atoms with Crippen LogP contribution in [-0.4, -0.2) is 38.2 Å². The van der Waals surface area contributed by atoms with Gasteiger partial charge < -0.3 is 0 Å². The molecule has 0 aliphatic heterocycles. The lowest BCUT2D eigenvalue weighted by Gasteiger charge is -2.20. The predicted octanol–water partition coefficient (Wildman–Crippen LogP) is 1.18. The SMILES string of the molecule is CCN(CC)S(=O)(=O)NCC1(CCl)CC1. The van der Waals surface area contributed by atoms with Gasteiger partial charge >= 0.3 is 0 Å². The van der Waals surface area contributed by atoms with Gasteiger partial charge in [-0.2, -0.15) is 12.7 Å². The van der Waals surface area contributed by atoms with Crippen molar-refractivity contribution < 1.29 is 8.42 Å². The van der Waals surface area contributed by atoms with Gasteiger partial charge in [0, 0.05) is 25.5 Å². The first-order chi connectivity index (χ1) is 6.99. The molecule has 1 aliphatic rings.